The summed E-state index contributed by atoms with van der Waals surface area (Å²) in [5, 5.41) is 14.3. The number of carbonyl (C=O) groups excluding carboxylic acids is 1. The molecule has 0 bridgehead atoms. The molecule has 7 nitrogen and oxygen atoms in total. The highest BCUT2D eigenvalue weighted by atomic mass is 35.5. The average Bonchev–Trinajstić information content (AvgIpc) is 3.11. The summed E-state index contributed by atoms with van der Waals surface area (Å²) in [5.41, 5.74) is 2.40. The van der Waals surface area contributed by atoms with Gasteiger partial charge in [0.2, 0.25) is 0 Å². The zero-order valence-corrected chi connectivity index (χ0v) is 15.3. The number of nitrogens with one attached hydrogen (secondary N) is 2. The van der Waals surface area contributed by atoms with Crippen LogP contribution in [0.5, 0.6) is 5.75 Å². The van der Waals surface area contributed by atoms with Gasteiger partial charge in [0.05, 0.1) is 19.3 Å². The van der Waals surface area contributed by atoms with Crippen molar-refractivity contribution < 1.29 is 9.53 Å². The van der Waals surface area contributed by atoms with Crippen molar-refractivity contribution in [3.8, 4) is 5.75 Å². The van der Waals surface area contributed by atoms with Crippen molar-refractivity contribution in [3.05, 3.63) is 41.2 Å². The van der Waals surface area contributed by atoms with E-state index in [1.54, 1.807) is 13.3 Å². The topological polar surface area (TPSA) is 81.1 Å². The molecule has 0 spiro atoms. The van der Waals surface area contributed by atoms with E-state index < -0.39 is 0 Å². The van der Waals surface area contributed by atoms with Gasteiger partial charge in [0, 0.05) is 12.1 Å². The number of amides is 1. The first-order valence-corrected chi connectivity index (χ1v) is 8.21. The first kappa shape index (κ1) is 19.2. The summed E-state index contributed by atoms with van der Waals surface area (Å²) >= 11 is 0. The highest BCUT2D eigenvalue weighted by molar-refractivity contribution is 5.91. The Morgan fingerprint density at radius 2 is 2.16 bits per heavy atom. The molecule has 0 unspecified atom stereocenters. The summed E-state index contributed by atoms with van der Waals surface area (Å²) in [7, 11) is 1.63. The maximum absolute atomic E-state index is 12.3. The number of benzene rings is 1. The molecule has 3 rings (SSSR count). The van der Waals surface area contributed by atoms with Gasteiger partial charge in [-0.05, 0) is 44.5 Å². The SMILES string of the molecule is COc1cc(C)ccc1CNC(=O)c1cn(C2CCNCC2)nn1.Cl. The van der Waals surface area contributed by atoms with Crippen LogP contribution in [0, 0.1) is 6.92 Å². The number of aryl methyl sites for hydroxylation is 1. The van der Waals surface area contributed by atoms with Crippen LogP contribution in [0.4, 0.5) is 0 Å². The average molecular weight is 366 g/mol. The fraction of sp³-hybridized carbons (Fsp3) is 0.471. The summed E-state index contributed by atoms with van der Waals surface area (Å²) in [6.45, 7) is 4.34. The van der Waals surface area contributed by atoms with Crippen LogP contribution in [0.2, 0.25) is 0 Å². The molecule has 2 heterocycles. The van der Waals surface area contributed by atoms with Gasteiger partial charge in [-0.1, -0.05) is 17.3 Å². The standard InChI is InChI=1S/C17H23N5O2.ClH/c1-12-3-4-13(16(9-12)24-2)10-19-17(23)15-11-22(21-20-15)14-5-7-18-8-6-14;/h3-4,9,11,14,18H,5-8,10H2,1-2H3,(H,19,23);1H. The Bertz CT molecular complexity index is 713. The van der Waals surface area contributed by atoms with Crippen LogP contribution in [0.25, 0.3) is 0 Å². The van der Waals surface area contributed by atoms with E-state index >= 15 is 0 Å². The zero-order valence-electron chi connectivity index (χ0n) is 14.5. The lowest BCUT2D eigenvalue weighted by Gasteiger charge is -2.22. The molecular weight excluding hydrogens is 342 g/mol. The largest absolute Gasteiger partial charge is 0.496 e. The molecule has 2 aromatic rings. The van der Waals surface area contributed by atoms with Crippen LogP contribution in [0.3, 0.4) is 0 Å². The number of aromatic nitrogens is 3. The highest BCUT2D eigenvalue weighted by Gasteiger charge is 2.18. The smallest absolute Gasteiger partial charge is 0.273 e. The van der Waals surface area contributed by atoms with E-state index in [2.05, 4.69) is 20.9 Å². The van der Waals surface area contributed by atoms with E-state index in [0.29, 0.717) is 18.3 Å². The number of nitrogens with zero attached hydrogens (tertiary/aromatic N) is 3. The summed E-state index contributed by atoms with van der Waals surface area (Å²) in [4.78, 5) is 12.3. The van der Waals surface area contributed by atoms with Crippen LogP contribution in [0.15, 0.2) is 24.4 Å². The van der Waals surface area contributed by atoms with E-state index in [4.69, 9.17) is 4.74 Å². The van der Waals surface area contributed by atoms with Crippen molar-refractivity contribution >= 4 is 18.3 Å². The highest BCUT2D eigenvalue weighted by Crippen LogP contribution is 2.20. The molecule has 1 saturated heterocycles. The molecule has 8 heteroatoms. The Kier molecular flexibility index (Phi) is 6.78. The van der Waals surface area contributed by atoms with Gasteiger partial charge < -0.3 is 15.4 Å². The molecule has 1 aliphatic heterocycles. The zero-order chi connectivity index (χ0) is 16.9. The van der Waals surface area contributed by atoms with Crippen LogP contribution in [-0.4, -0.2) is 41.1 Å². The van der Waals surface area contributed by atoms with Crippen molar-refractivity contribution in [3.63, 3.8) is 0 Å². The van der Waals surface area contributed by atoms with E-state index in [1.165, 1.54) is 0 Å². The summed E-state index contributed by atoms with van der Waals surface area (Å²) in [5.74, 6) is 0.548. The predicted molar refractivity (Wildman–Crippen MR) is 97.3 cm³/mol. The summed E-state index contributed by atoms with van der Waals surface area (Å²) < 4.78 is 7.17. The molecule has 25 heavy (non-hydrogen) atoms. The molecule has 2 N–H and O–H groups in total. The van der Waals surface area contributed by atoms with E-state index in [0.717, 1.165) is 42.8 Å². The van der Waals surface area contributed by atoms with E-state index in [-0.39, 0.29) is 18.3 Å². The Morgan fingerprint density at radius 1 is 1.40 bits per heavy atom. The van der Waals surface area contributed by atoms with Crippen molar-refractivity contribution in [1.29, 1.82) is 0 Å². The third-order valence-electron chi connectivity index (χ3n) is 4.31. The van der Waals surface area contributed by atoms with Gasteiger partial charge in [0.25, 0.3) is 5.91 Å². The normalized spacial score (nSPS) is 14.6. The molecule has 136 valence electrons. The number of hydrogen-bond acceptors (Lipinski definition) is 5. The van der Waals surface area contributed by atoms with Gasteiger partial charge >= 0.3 is 0 Å². The number of ether oxygens (including phenoxy) is 1. The molecule has 1 aromatic carbocycles. The number of rotatable bonds is 5. The molecule has 1 fully saturated rings. The molecule has 1 amide bonds. The fourth-order valence-corrected chi connectivity index (χ4v) is 2.89. The van der Waals surface area contributed by atoms with Crippen molar-refractivity contribution in [1.82, 2.24) is 25.6 Å². The van der Waals surface area contributed by atoms with Gasteiger partial charge in [0.15, 0.2) is 5.69 Å². The second kappa shape index (κ2) is 8.82. The van der Waals surface area contributed by atoms with Crippen molar-refractivity contribution in [2.45, 2.75) is 32.4 Å². The Morgan fingerprint density at radius 3 is 2.88 bits per heavy atom. The molecule has 0 aliphatic carbocycles. The molecule has 0 saturated carbocycles. The van der Waals surface area contributed by atoms with E-state index in [1.807, 2.05) is 29.8 Å². The predicted octanol–water partition coefficient (Wildman–Crippen LogP) is 1.87. The van der Waals surface area contributed by atoms with Crippen molar-refractivity contribution in [2.24, 2.45) is 0 Å². The third kappa shape index (κ3) is 4.70. The second-order valence-electron chi connectivity index (χ2n) is 6.06. The lowest BCUT2D eigenvalue weighted by atomic mass is 10.1. The number of methoxy groups -OCH3 is 1. The first-order valence-electron chi connectivity index (χ1n) is 8.21. The van der Waals surface area contributed by atoms with Crippen molar-refractivity contribution in [2.75, 3.05) is 20.2 Å². The number of hydrogen-bond donors (Lipinski definition) is 2. The second-order valence-corrected chi connectivity index (χ2v) is 6.06. The number of carbonyl (C=O) groups is 1. The third-order valence-corrected chi connectivity index (χ3v) is 4.31. The van der Waals surface area contributed by atoms with Crippen LogP contribution in [-0.2, 0) is 6.54 Å². The molecule has 0 radical (unpaired) electrons. The first-order chi connectivity index (χ1) is 11.7. The molecule has 1 aliphatic rings. The van der Waals surface area contributed by atoms with Gasteiger partial charge in [-0.15, -0.1) is 17.5 Å². The molecule has 0 atom stereocenters. The minimum atomic E-state index is -0.224. The van der Waals surface area contributed by atoms with Crippen LogP contribution in [0.1, 0.15) is 40.5 Å². The number of halogens is 1. The Balaban J connectivity index is 0.00000225. The molecular formula is C17H24ClN5O2. The van der Waals surface area contributed by atoms with Crippen LogP contribution < -0.4 is 15.4 Å². The quantitative estimate of drug-likeness (QED) is 0.845. The fourth-order valence-electron chi connectivity index (χ4n) is 2.89. The maximum atomic E-state index is 12.3. The van der Waals surface area contributed by atoms with Crippen LogP contribution >= 0.6 is 12.4 Å². The monoisotopic (exact) mass is 365 g/mol. The van der Waals surface area contributed by atoms with Gasteiger partial charge in [-0.25, -0.2) is 4.68 Å². The van der Waals surface area contributed by atoms with Gasteiger partial charge in [-0.3, -0.25) is 4.79 Å². The van der Waals surface area contributed by atoms with Gasteiger partial charge in [-0.2, -0.15) is 0 Å². The maximum Gasteiger partial charge on any atom is 0.273 e. The lowest BCUT2D eigenvalue weighted by molar-refractivity contribution is 0.0945. The minimum absolute atomic E-state index is 0. The summed E-state index contributed by atoms with van der Waals surface area (Å²) in [6.07, 6.45) is 3.74. The number of piperidine rings is 1. The van der Waals surface area contributed by atoms with Gasteiger partial charge in [0.1, 0.15) is 5.75 Å². The lowest BCUT2D eigenvalue weighted by Crippen LogP contribution is -2.29. The van der Waals surface area contributed by atoms with E-state index in [9.17, 15) is 4.79 Å². The molecule has 1 aromatic heterocycles. The Hall–Kier alpha value is -2.12. The Labute approximate surface area is 153 Å². The minimum Gasteiger partial charge on any atom is -0.496 e. The summed E-state index contributed by atoms with van der Waals surface area (Å²) in [6, 6.07) is 6.23.